The summed E-state index contributed by atoms with van der Waals surface area (Å²) in [6, 6.07) is 3.46. The van der Waals surface area contributed by atoms with Gasteiger partial charge in [-0.1, -0.05) is 47.9 Å². The molecule has 2 N–H and O–H groups in total. The Balaban J connectivity index is 1.52. The van der Waals surface area contributed by atoms with Crippen LogP contribution in [0.1, 0.15) is 35.0 Å². The highest BCUT2D eigenvalue weighted by atomic mass is 35.5. The number of rotatable bonds is 9. The van der Waals surface area contributed by atoms with Crippen LogP contribution in [0.4, 0.5) is 10.9 Å². The van der Waals surface area contributed by atoms with Crippen LogP contribution in [-0.4, -0.2) is 59.9 Å². The Morgan fingerprint density at radius 1 is 1.34 bits per heavy atom. The molecule has 0 atom stereocenters. The molecule has 0 saturated carbocycles. The minimum absolute atomic E-state index is 0.0846. The van der Waals surface area contributed by atoms with Crippen LogP contribution < -0.4 is 15.5 Å². The van der Waals surface area contributed by atoms with Crippen LogP contribution in [0.15, 0.2) is 23.7 Å². The number of carbonyl (C=O) groups excluding carboxylic acids is 2. The van der Waals surface area contributed by atoms with E-state index in [9.17, 15) is 9.59 Å². The molecule has 0 aromatic carbocycles. The van der Waals surface area contributed by atoms with Gasteiger partial charge in [-0.3, -0.25) is 14.9 Å². The first-order valence-electron chi connectivity index (χ1n) is 11.2. The molecule has 0 unspecified atom stereocenters. The van der Waals surface area contributed by atoms with E-state index in [4.69, 9.17) is 28.2 Å². The normalized spacial score (nSPS) is 13.9. The fraction of sp³-hybridized carbons (Fsp3) is 0.391. The Kier molecular flexibility index (Phi) is 8.61. The second kappa shape index (κ2) is 11.7. The third kappa shape index (κ3) is 6.50. The maximum absolute atomic E-state index is 13.0. The average Bonchev–Trinajstić information content (AvgIpc) is 3.43. The molecule has 1 aliphatic rings. The van der Waals surface area contributed by atoms with Gasteiger partial charge in [0, 0.05) is 36.1 Å². The van der Waals surface area contributed by atoms with Crippen LogP contribution in [0.5, 0.6) is 0 Å². The standard InChI is InChI=1S/C23H26Cl2N6O2S2/c1-3-4-6-30(2)11-18-20(17-9-15(24)13-34-17)28-23(35-18)29-22(33)14-8-16(25)21(27-10-14)31-7-5-26-19(32)12-31/h8-10,13H,3-7,11-12H2,1-2H3,(H,26,32)(H,28,29,33). The molecule has 0 bridgehead atoms. The second-order valence-electron chi connectivity index (χ2n) is 8.27. The molecule has 3 aromatic heterocycles. The van der Waals surface area contributed by atoms with Crippen molar-refractivity contribution in [2.45, 2.75) is 26.3 Å². The number of thiazole rings is 1. The van der Waals surface area contributed by atoms with E-state index in [-0.39, 0.29) is 18.4 Å². The number of halogens is 2. The monoisotopic (exact) mass is 552 g/mol. The molecule has 0 spiro atoms. The van der Waals surface area contributed by atoms with E-state index in [1.807, 2.05) is 11.4 Å². The van der Waals surface area contributed by atoms with Crippen molar-refractivity contribution in [3.05, 3.63) is 44.2 Å². The number of thiophene rings is 1. The topological polar surface area (TPSA) is 90.5 Å². The Morgan fingerprint density at radius 3 is 2.86 bits per heavy atom. The zero-order valence-electron chi connectivity index (χ0n) is 19.4. The summed E-state index contributed by atoms with van der Waals surface area (Å²) in [6.45, 7) is 5.19. The number of hydrogen-bond acceptors (Lipinski definition) is 8. The van der Waals surface area contributed by atoms with E-state index < -0.39 is 0 Å². The number of anilines is 2. The van der Waals surface area contributed by atoms with Crippen LogP contribution in [0, 0.1) is 0 Å². The summed E-state index contributed by atoms with van der Waals surface area (Å²) in [7, 11) is 2.08. The number of aromatic nitrogens is 2. The molecule has 2 amide bonds. The Hall–Kier alpha value is -2.24. The van der Waals surface area contributed by atoms with Gasteiger partial charge in [0.2, 0.25) is 5.91 Å². The number of unbranched alkanes of at least 4 members (excludes halogenated alkanes) is 1. The van der Waals surface area contributed by atoms with Gasteiger partial charge in [-0.2, -0.15) is 0 Å². The fourth-order valence-corrected chi connectivity index (χ4v) is 6.16. The summed E-state index contributed by atoms with van der Waals surface area (Å²) in [5.74, 6) is 0.0537. The SMILES string of the molecule is CCCCN(C)Cc1sc(NC(=O)c2cnc(N3CCNC(=O)C3)c(Cl)c2)nc1-c1cc(Cl)cs1. The maximum atomic E-state index is 13.0. The van der Waals surface area contributed by atoms with E-state index in [1.165, 1.54) is 28.9 Å². The molecule has 0 radical (unpaired) electrons. The van der Waals surface area contributed by atoms with Gasteiger partial charge < -0.3 is 15.1 Å². The first-order valence-corrected chi connectivity index (χ1v) is 13.7. The molecule has 186 valence electrons. The Bertz CT molecular complexity index is 1210. The molecule has 1 fully saturated rings. The summed E-state index contributed by atoms with van der Waals surface area (Å²) in [5, 5.41) is 9.02. The number of nitrogens with zero attached hydrogens (tertiary/aromatic N) is 4. The first kappa shape index (κ1) is 25.8. The third-order valence-corrected chi connectivity index (χ3v) is 7.97. The van der Waals surface area contributed by atoms with Crippen molar-refractivity contribution in [2.24, 2.45) is 0 Å². The minimum Gasteiger partial charge on any atom is -0.353 e. The number of carbonyl (C=O) groups is 2. The molecule has 0 aliphatic carbocycles. The highest BCUT2D eigenvalue weighted by molar-refractivity contribution is 7.17. The van der Waals surface area contributed by atoms with Gasteiger partial charge in [-0.05, 0) is 32.1 Å². The molecule has 12 heteroatoms. The predicted octanol–water partition coefficient (Wildman–Crippen LogP) is 4.99. The van der Waals surface area contributed by atoms with E-state index in [0.29, 0.717) is 39.6 Å². The summed E-state index contributed by atoms with van der Waals surface area (Å²) in [6.07, 6.45) is 3.71. The van der Waals surface area contributed by atoms with Gasteiger partial charge in [0.1, 0.15) is 5.82 Å². The Morgan fingerprint density at radius 2 is 2.17 bits per heavy atom. The van der Waals surface area contributed by atoms with E-state index in [2.05, 4.69) is 34.5 Å². The molecular weight excluding hydrogens is 527 g/mol. The van der Waals surface area contributed by atoms with Crippen molar-refractivity contribution in [3.8, 4) is 10.6 Å². The zero-order valence-corrected chi connectivity index (χ0v) is 22.6. The minimum atomic E-state index is -0.349. The fourth-order valence-electron chi connectivity index (χ4n) is 3.67. The van der Waals surface area contributed by atoms with E-state index in [1.54, 1.807) is 11.0 Å². The maximum Gasteiger partial charge on any atom is 0.259 e. The number of piperazine rings is 1. The highest BCUT2D eigenvalue weighted by Gasteiger charge is 2.22. The van der Waals surface area contributed by atoms with Gasteiger partial charge >= 0.3 is 0 Å². The smallest absolute Gasteiger partial charge is 0.259 e. The van der Waals surface area contributed by atoms with Gasteiger partial charge in [0.05, 0.1) is 32.7 Å². The van der Waals surface area contributed by atoms with Gasteiger partial charge in [-0.15, -0.1) is 11.3 Å². The largest absolute Gasteiger partial charge is 0.353 e. The molecule has 35 heavy (non-hydrogen) atoms. The lowest BCUT2D eigenvalue weighted by Crippen LogP contribution is -2.48. The van der Waals surface area contributed by atoms with Gasteiger partial charge in [0.25, 0.3) is 5.91 Å². The van der Waals surface area contributed by atoms with Crippen LogP contribution in [0.2, 0.25) is 10.0 Å². The number of amides is 2. The van der Waals surface area contributed by atoms with Crippen LogP contribution in [0.3, 0.4) is 0 Å². The van der Waals surface area contributed by atoms with Crippen molar-refractivity contribution in [2.75, 3.05) is 43.4 Å². The number of pyridine rings is 1. The van der Waals surface area contributed by atoms with Crippen LogP contribution in [-0.2, 0) is 11.3 Å². The molecule has 1 aliphatic heterocycles. The molecule has 4 rings (SSSR count). The van der Waals surface area contributed by atoms with E-state index in [0.717, 1.165) is 41.4 Å². The van der Waals surface area contributed by atoms with Crippen molar-refractivity contribution in [1.82, 2.24) is 20.2 Å². The number of nitrogens with one attached hydrogen (secondary N) is 2. The predicted molar refractivity (Wildman–Crippen MR) is 144 cm³/mol. The molecular formula is C23H26Cl2N6O2S2. The quantitative estimate of drug-likeness (QED) is 0.388. The average molecular weight is 554 g/mol. The zero-order chi connectivity index (χ0) is 24.9. The summed E-state index contributed by atoms with van der Waals surface area (Å²) in [4.78, 5) is 39.8. The third-order valence-electron chi connectivity index (χ3n) is 5.45. The summed E-state index contributed by atoms with van der Waals surface area (Å²) >= 11 is 15.6. The lowest BCUT2D eigenvalue weighted by atomic mass is 10.2. The second-order valence-corrected chi connectivity index (χ2v) is 11.1. The van der Waals surface area contributed by atoms with Crippen molar-refractivity contribution in [1.29, 1.82) is 0 Å². The summed E-state index contributed by atoms with van der Waals surface area (Å²) < 4.78 is 0. The number of hydrogen-bond donors (Lipinski definition) is 2. The van der Waals surface area contributed by atoms with Crippen molar-refractivity contribution < 1.29 is 9.59 Å². The molecule has 8 nitrogen and oxygen atoms in total. The van der Waals surface area contributed by atoms with Gasteiger partial charge in [-0.25, -0.2) is 9.97 Å². The highest BCUT2D eigenvalue weighted by Crippen LogP contribution is 2.37. The van der Waals surface area contributed by atoms with Gasteiger partial charge in [0.15, 0.2) is 5.13 Å². The van der Waals surface area contributed by atoms with E-state index >= 15 is 0 Å². The first-order chi connectivity index (χ1) is 16.8. The molecule has 3 aromatic rings. The van der Waals surface area contributed by atoms with Crippen molar-refractivity contribution in [3.63, 3.8) is 0 Å². The van der Waals surface area contributed by atoms with Crippen LogP contribution in [0.25, 0.3) is 10.6 Å². The molecule has 4 heterocycles. The lowest BCUT2D eigenvalue weighted by Gasteiger charge is -2.28. The lowest BCUT2D eigenvalue weighted by molar-refractivity contribution is -0.120. The van der Waals surface area contributed by atoms with Crippen LogP contribution >= 0.6 is 45.9 Å². The molecule has 1 saturated heterocycles. The van der Waals surface area contributed by atoms with Crippen molar-refractivity contribution >= 4 is 68.6 Å². The Labute approximate surface area is 222 Å². The summed E-state index contributed by atoms with van der Waals surface area (Å²) in [5.41, 5.74) is 1.15.